The third-order valence-electron chi connectivity index (χ3n) is 5.91. The van der Waals surface area contributed by atoms with Crippen molar-refractivity contribution < 1.29 is 23.1 Å². The van der Waals surface area contributed by atoms with Crippen molar-refractivity contribution in [2.75, 3.05) is 12.4 Å². The minimum Gasteiger partial charge on any atom is -0.469 e. The Hall–Kier alpha value is -1.76. The zero-order valence-electron chi connectivity index (χ0n) is 13.4. The quantitative estimate of drug-likeness (QED) is 0.469. The molecule has 3 aliphatic rings. The zero-order chi connectivity index (χ0) is 17.9. The lowest BCUT2D eigenvalue weighted by Gasteiger charge is -2.25. The third kappa shape index (κ3) is 2.28. The molecular formula is C18H16BrF2NO3. The Bertz CT molecular complexity index is 806. The van der Waals surface area contributed by atoms with E-state index in [1.165, 1.54) is 19.2 Å². The van der Waals surface area contributed by atoms with Crippen LogP contribution in [0.3, 0.4) is 0 Å². The van der Waals surface area contributed by atoms with Gasteiger partial charge >= 0.3 is 5.97 Å². The number of hydrogen-bond donors (Lipinski definition) is 1. The molecule has 4 nitrogen and oxygen atoms in total. The molecule has 1 aromatic rings. The number of benzene rings is 1. The lowest BCUT2D eigenvalue weighted by Crippen LogP contribution is -2.37. The number of carbonyl (C=O) groups is 2. The first-order valence-electron chi connectivity index (χ1n) is 8.11. The molecule has 4 atom stereocenters. The number of anilines is 1. The molecule has 0 aromatic heterocycles. The first kappa shape index (κ1) is 16.7. The topological polar surface area (TPSA) is 55.4 Å². The molecule has 0 radical (unpaired) electrons. The largest absolute Gasteiger partial charge is 0.469 e. The number of ether oxygens (including phenoxy) is 1. The monoisotopic (exact) mass is 411 g/mol. The molecular weight excluding hydrogens is 396 g/mol. The average molecular weight is 412 g/mol. The summed E-state index contributed by atoms with van der Waals surface area (Å²) in [4.78, 5) is 25.1. The van der Waals surface area contributed by atoms with Gasteiger partial charge in [0.25, 0.3) is 0 Å². The lowest BCUT2D eigenvalue weighted by atomic mass is 9.82. The summed E-state index contributed by atoms with van der Waals surface area (Å²) < 4.78 is 32.6. The van der Waals surface area contributed by atoms with Gasteiger partial charge in [-0.25, -0.2) is 8.78 Å². The second-order valence-corrected chi connectivity index (χ2v) is 7.81. The second-order valence-electron chi connectivity index (χ2n) is 6.96. The number of hydrogen-bond acceptors (Lipinski definition) is 3. The van der Waals surface area contributed by atoms with Crippen LogP contribution in [0.15, 0.2) is 28.8 Å². The minimum absolute atomic E-state index is 0.0183. The van der Waals surface area contributed by atoms with Crippen molar-refractivity contribution in [3.63, 3.8) is 0 Å². The number of halogens is 3. The normalized spacial score (nSPS) is 30.6. The van der Waals surface area contributed by atoms with Crippen molar-refractivity contribution in [2.45, 2.75) is 12.8 Å². The maximum atomic E-state index is 14.1. The van der Waals surface area contributed by atoms with Gasteiger partial charge in [0.05, 0.1) is 29.1 Å². The summed E-state index contributed by atoms with van der Waals surface area (Å²) >= 11 is 2.90. The molecule has 0 heterocycles. The molecule has 2 saturated carbocycles. The van der Waals surface area contributed by atoms with Crippen molar-refractivity contribution in [2.24, 2.45) is 29.1 Å². The Balaban J connectivity index is 1.64. The van der Waals surface area contributed by atoms with Gasteiger partial charge in [-0.2, -0.15) is 0 Å². The number of esters is 1. The highest BCUT2D eigenvalue weighted by molar-refractivity contribution is 9.10. The van der Waals surface area contributed by atoms with Gasteiger partial charge in [-0.3, -0.25) is 9.59 Å². The number of amides is 1. The lowest BCUT2D eigenvalue weighted by molar-refractivity contribution is -0.150. The Morgan fingerprint density at radius 1 is 1.16 bits per heavy atom. The minimum atomic E-state index is -1.13. The van der Waals surface area contributed by atoms with Crippen LogP contribution in [0.4, 0.5) is 14.5 Å². The van der Waals surface area contributed by atoms with Crippen molar-refractivity contribution in [3.8, 4) is 0 Å². The molecule has 0 aliphatic heterocycles. The van der Waals surface area contributed by atoms with E-state index in [0.717, 1.165) is 12.8 Å². The third-order valence-corrected chi connectivity index (χ3v) is 6.52. The van der Waals surface area contributed by atoms with Crippen LogP contribution in [-0.2, 0) is 14.3 Å². The van der Waals surface area contributed by atoms with Gasteiger partial charge in [0.2, 0.25) is 5.91 Å². The zero-order valence-corrected chi connectivity index (χ0v) is 15.0. The van der Waals surface area contributed by atoms with E-state index in [2.05, 4.69) is 21.2 Å². The first-order valence-corrected chi connectivity index (χ1v) is 8.90. The van der Waals surface area contributed by atoms with Crippen molar-refractivity contribution in [1.82, 2.24) is 0 Å². The summed E-state index contributed by atoms with van der Waals surface area (Å²) in [6.45, 7) is 0. The van der Waals surface area contributed by atoms with Crippen LogP contribution in [0, 0.1) is 40.7 Å². The molecule has 1 aromatic carbocycles. The second kappa shape index (κ2) is 5.62. The molecule has 1 amide bonds. The molecule has 3 aliphatic carbocycles. The highest BCUT2D eigenvalue weighted by atomic mass is 79.9. The van der Waals surface area contributed by atoms with Crippen molar-refractivity contribution in [3.05, 3.63) is 40.4 Å². The molecule has 2 bridgehead atoms. The molecule has 2 fully saturated rings. The van der Waals surface area contributed by atoms with Gasteiger partial charge in [0, 0.05) is 0 Å². The van der Waals surface area contributed by atoms with E-state index in [9.17, 15) is 18.4 Å². The van der Waals surface area contributed by atoms with Crippen LogP contribution in [0.2, 0.25) is 0 Å². The van der Waals surface area contributed by atoms with E-state index in [0.29, 0.717) is 0 Å². The fourth-order valence-electron chi connectivity index (χ4n) is 4.65. The number of rotatable bonds is 3. The summed E-state index contributed by atoms with van der Waals surface area (Å²) in [5.41, 5.74) is -0.268. The number of methoxy groups -OCH3 is 1. The van der Waals surface area contributed by atoms with E-state index in [1.807, 2.05) is 12.2 Å². The average Bonchev–Trinajstić information content (AvgIpc) is 3.27. The molecule has 1 unspecified atom stereocenters. The Kier molecular flexibility index (Phi) is 3.76. The van der Waals surface area contributed by atoms with E-state index >= 15 is 0 Å². The molecule has 25 heavy (non-hydrogen) atoms. The molecule has 7 heteroatoms. The maximum absolute atomic E-state index is 14.1. The van der Waals surface area contributed by atoms with Gasteiger partial charge in [-0.05, 0) is 58.2 Å². The summed E-state index contributed by atoms with van der Waals surface area (Å²) in [5.74, 6) is -4.38. The number of carbonyl (C=O) groups excluding carboxylic acids is 2. The standard InChI is InChI=1S/C18H16BrF2NO3/c1-25-17(24)13-9-3-2-8(18(9)6-7-18)12(13)16(23)22-11-5-4-10(19)14(20)15(11)21/h2-5,8-9,12-13H,6-7H2,1H3,(H,22,23)/t8-,9+,12?,13+/m0/s1. The molecule has 4 rings (SSSR count). The first-order chi connectivity index (χ1) is 11.9. The maximum Gasteiger partial charge on any atom is 0.310 e. The fourth-order valence-corrected chi connectivity index (χ4v) is 4.96. The summed E-state index contributed by atoms with van der Waals surface area (Å²) in [7, 11) is 1.30. The van der Waals surface area contributed by atoms with Crippen LogP contribution in [0.1, 0.15) is 12.8 Å². The molecule has 0 saturated heterocycles. The highest BCUT2D eigenvalue weighted by Gasteiger charge is 2.70. The molecule has 1 N–H and O–H groups in total. The number of nitrogens with one attached hydrogen (secondary N) is 1. The smallest absolute Gasteiger partial charge is 0.310 e. The predicted molar refractivity (Wildman–Crippen MR) is 89.5 cm³/mol. The summed E-state index contributed by atoms with van der Waals surface area (Å²) in [6, 6.07) is 2.62. The van der Waals surface area contributed by atoms with E-state index in [4.69, 9.17) is 4.74 Å². The summed E-state index contributed by atoms with van der Waals surface area (Å²) in [5, 5.41) is 2.46. The van der Waals surface area contributed by atoms with Crippen LogP contribution in [0.25, 0.3) is 0 Å². The van der Waals surface area contributed by atoms with Gasteiger partial charge < -0.3 is 10.1 Å². The van der Waals surface area contributed by atoms with Gasteiger partial charge in [0.1, 0.15) is 0 Å². The predicted octanol–water partition coefficient (Wildman–Crippen LogP) is 3.67. The van der Waals surface area contributed by atoms with Gasteiger partial charge in [0.15, 0.2) is 11.6 Å². The number of allylic oxidation sites excluding steroid dienone is 2. The fraction of sp³-hybridized carbons (Fsp3) is 0.444. The molecule has 132 valence electrons. The van der Waals surface area contributed by atoms with E-state index in [1.54, 1.807) is 0 Å². The van der Waals surface area contributed by atoms with Crippen LogP contribution in [-0.4, -0.2) is 19.0 Å². The van der Waals surface area contributed by atoms with Gasteiger partial charge in [-0.1, -0.05) is 12.2 Å². The highest BCUT2D eigenvalue weighted by Crippen LogP contribution is 2.72. The van der Waals surface area contributed by atoms with Gasteiger partial charge in [-0.15, -0.1) is 0 Å². The van der Waals surface area contributed by atoms with E-state index < -0.39 is 35.3 Å². The van der Waals surface area contributed by atoms with Crippen LogP contribution >= 0.6 is 15.9 Å². The van der Waals surface area contributed by atoms with E-state index in [-0.39, 0.29) is 27.4 Å². The summed E-state index contributed by atoms with van der Waals surface area (Å²) in [6.07, 6.45) is 5.92. The van der Waals surface area contributed by atoms with Crippen molar-refractivity contribution >= 4 is 33.5 Å². The van der Waals surface area contributed by atoms with Crippen LogP contribution in [0.5, 0.6) is 0 Å². The Morgan fingerprint density at radius 2 is 1.80 bits per heavy atom. The SMILES string of the molecule is COC(=O)[C@H]1C(C(=O)Nc2ccc(Br)c(F)c2F)[C@@H]2C=C[C@H]1C21CC1. The molecule has 1 spiro atoms. The Morgan fingerprint density at radius 3 is 2.40 bits per heavy atom. The van der Waals surface area contributed by atoms with Crippen molar-refractivity contribution in [1.29, 1.82) is 0 Å². The Labute approximate surface area is 151 Å². The van der Waals surface area contributed by atoms with Crippen LogP contribution < -0.4 is 5.32 Å².